The van der Waals surface area contributed by atoms with E-state index < -0.39 is 23.5 Å². The van der Waals surface area contributed by atoms with Crippen molar-refractivity contribution in [1.29, 1.82) is 0 Å². The molecule has 0 saturated heterocycles. The van der Waals surface area contributed by atoms with Crippen molar-refractivity contribution in [2.75, 3.05) is 33.4 Å². The van der Waals surface area contributed by atoms with E-state index in [0.717, 1.165) is 5.56 Å². The number of aromatic amines is 2. The van der Waals surface area contributed by atoms with Gasteiger partial charge in [-0.3, -0.25) is 19.4 Å². The van der Waals surface area contributed by atoms with Crippen LogP contribution in [0.3, 0.4) is 0 Å². The van der Waals surface area contributed by atoms with Crippen LogP contribution < -0.4 is 25.8 Å². The molecule has 3 amide bonds. The van der Waals surface area contributed by atoms with Crippen molar-refractivity contribution < 1.29 is 23.9 Å². The number of benzene rings is 1. The minimum absolute atomic E-state index is 0.00394. The maximum Gasteiger partial charge on any atom is 0.341 e. The minimum atomic E-state index is -0.821. The van der Waals surface area contributed by atoms with E-state index in [4.69, 9.17) is 9.47 Å². The minimum Gasteiger partial charge on any atom is -0.493 e. The number of fused-ring (bicyclic) bond motifs is 4. The summed E-state index contributed by atoms with van der Waals surface area (Å²) in [6.45, 7) is 3.96. The topological polar surface area (TPSA) is 176 Å². The smallest absolute Gasteiger partial charge is 0.341 e. The van der Waals surface area contributed by atoms with Crippen molar-refractivity contribution in [2.24, 2.45) is 5.92 Å². The predicted octanol–water partition coefficient (Wildman–Crippen LogP) is -0.238. The zero-order valence-electron chi connectivity index (χ0n) is 21.3. The van der Waals surface area contributed by atoms with Crippen molar-refractivity contribution in [1.82, 2.24) is 40.3 Å². The molecule has 4 rings (SSSR count). The normalized spacial score (nSPS) is 17.2. The molecule has 202 valence electrons. The van der Waals surface area contributed by atoms with Crippen LogP contribution in [0.15, 0.2) is 35.4 Å². The van der Waals surface area contributed by atoms with E-state index >= 15 is 0 Å². The van der Waals surface area contributed by atoms with E-state index in [9.17, 15) is 19.2 Å². The van der Waals surface area contributed by atoms with Gasteiger partial charge < -0.3 is 29.6 Å². The molecule has 1 atom stereocenters. The fourth-order valence-corrected chi connectivity index (χ4v) is 4.05. The first-order chi connectivity index (χ1) is 18.3. The number of nitrogens with one attached hydrogen (secondary N) is 4. The Balaban J connectivity index is 1.66. The third-order valence-electron chi connectivity index (χ3n) is 6.00. The molecule has 0 spiro atoms. The number of H-pyrrole nitrogens is 2. The fourth-order valence-electron chi connectivity index (χ4n) is 4.05. The Labute approximate surface area is 217 Å². The standard InChI is InChI=1S/C24H30N8O6/c1-14(2)19-22(34)26-7-9-31-8-6-25-21(31)15-4-5-16(37-3)17(12-15)38-11-10-32(13-18(33)27-19)23(35)20-28-24(36)30-29-20/h4-6,8,12,14,19H,7,9-11,13H2,1-3H3,(H,26,34)(H,27,33)(H2,28,29,30,36)/t19-/m1/s1. The van der Waals surface area contributed by atoms with Crippen LogP contribution in [0.4, 0.5) is 0 Å². The number of carbonyl (C=O) groups excluding carboxylic acids is 3. The highest BCUT2D eigenvalue weighted by Crippen LogP contribution is 2.32. The van der Waals surface area contributed by atoms with E-state index in [0.29, 0.717) is 30.4 Å². The predicted molar refractivity (Wildman–Crippen MR) is 135 cm³/mol. The average Bonchev–Trinajstić information content (AvgIpc) is 3.54. The molecule has 3 heterocycles. The van der Waals surface area contributed by atoms with Gasteiger partial charge in [-0.1, -0.05) is 13.8 Å². The molecule has 1 aliphatic heterocycles. The molecule has 4 N–H and O–H groups in total. The molecule has 2 bridgehead atoms. The van der Waals surface area contributed by atoms with Gasteiger partial charge in [0.15, 0.2) is 11.5 Å². The fraction of sp³-hybridized carbons (Fsp3) is 0.417. The lowest BCUT2D eigenvalue weighted by Gasteiger charge is -2.25. The first-order valence-corrected chi connectivity index (χ1v) is 12.1. The zero-order chi connectivity index (χ0) is 27.2. The molecular weight excluding hydrogens is 496 g/mol. The molecule has 14 nitrogen and oxygen atoms in total. The van der Waals surface area contributed by atoms with E-state index in [1.807, 2.05) is 30.7 Å². The van der Waals surface area contributed by atoms with Gasteiger partial charge in [-0.25, -0.2) is 14.9 Å². The van der Waals surface area contributed by atoms with Crippen LogP contribution in [0.2, 0.25) is 0 Å². The molecule has 0 fully saturated rings. The first kappa shape index (κ1) is 26.4. The molecular formula is C24H30N8O6. The molecule has 14 heteroatoms. The van der Waals surface area contributed by atoms with Crippen LogP contribution in [-0.2, 0) is 16.1 Å². The highest BCUT2D eigenvalue weighted by molar-refractivity contribution is 5.94. The molecule has 38 heavy (non-hydrogen) atoms. The molecule has 1 aliphatic rings. The number of hydrogen-bond donors (Lipinski definition) is 4. The van der Waals surface area contributed by atoms with Gasteiger partial charge in [0.1, 0.15) is 25.0 Å². The molecule has 3 aromatic rings. The lowest BCUT2D eigenvalue weighted by atomic mass is 10.0. The number of hydrogen-bond acceptors (Lipinski definition) is 8. The molecule has 2 aromatic heterocycles. The number of methoxy groups -OCH3 is 1. The number of imidazole rings is 1. The number of nitrogens with zero attached hydrogens (tertiary/aromatic N) is 4. The number of carbonyl (C=O) groups is 3. The quantitative estimate of drug-likeness (QED) is 0.361. The van der Waals surface area contributed by atoms with Crippen molar-refractivity contribution in [2.45, 2.75) is 26.4 Å². The van der Waals surface area contributed by atoms with Crippen LogP contribution in [0.25, 0.3) is 11.4 Å². The van der Waals surface area contributed by atoms with Crippen molar-refractivity contribution in [3.8, 4) is 22.9 Å². The summed E-state index contributed by atoms with van der Waals surface area (Å²) in [4.78, 5) is 58.4. The van der Waals surface area contributed by atoms with Gasteiger partial charge in [0.2, 0.25) is 17.6 Å². The van der Waals surface area contributed by atoms with Crippen LogP contribution in [0, 0.1) is 5.92 Å². The van der Waals surface area contributed by atoms with Crippen molar-refractivity contribution in [3.63, 3.8) is 0 Å². The number of aromatic nitrogens is 5. The second-order valence-electron chi connectivity index (χ2n) is 8.99. The molecule has 0 radical (unpaired) electrons. The molecule has 0 unspecified atom stereocenters. The molecule has 0 aliphatic carbocycles. The maximum absolute atomic E-state index is 13.1. The average molecular weight is 527 g/mol. The van der Waals surface area contributed by atoms with Gasteiger partial charge in [0, 0.05) is 31.0 Å². The summed E-state index contributed by atoms with van der Waals surface area (Å²) in [5, 5.41) is 11.4. The summed E-state index contributed by atoms with van der Waals surface area (Å²) >= 11 is 0. The van der Waals surface area contributed by atoms with Crippen LogP contribution >= 0.6 is 0 Å². The van der Waals surface area contributed by atoms with Gasteiger partial charge in [0.05, 0.1) is 13.7 Å². The van der Waals surface area contributed by atoms with Crippen molar-refractivity contribution >= 4 is 17.7 Å². The summed E-state index contributed by atoms with van der Waals surface area (Å²) in [5.41, 5.74) is 0.108. The number of rotatable bonds is 3. The van der Waals surface area contributed by atoms with E-state index in [1.165, 1.54) is 12.0 Å². The Bertz CT molecular complexity index is 1360. The highest BCUT2D eigenvalue weighted by Gasteiger charge is 2.27. The van der Waals surface area contributed by atoms with Crippen LogP contribution in [0.1, 0.15) is 24.5 Å². The third kappa shape index (κ3) is 6.02. The van der Waals surface area contributed by atoms with E-state index in [2.05, 4.69) is 30.8 Å². The Hall–Kier alpha value is -4.62. The van der Waals surface area contributed by atoms with Gasteiger partial charge in [0.25, 0.3) is 5.91 Å². The maximum atomic E-state index is 13.1. The molecule has 0 saturated carbocycles. The summed E-state index contributed by atoms with van der Waals surface area (Å²) in [5.74, 6) is -0.481. The lowest BCUT2D eigenvalue weighted by molar-refractivity contribution is -0.130. The first-order valence-electron chi connectivity index (χ1n) is 12.1. The SMILES string of the molecule is COc1ccc2cc1OCCN(C(=O)c1n[nH]c(=O)[nH]1)CC(=O)N[C@H](C(C)C)C(=O)NCCn1ccnc1-2. The lowest BCUT2D eigenvalue weighted by Crippen LogP contribution is -2.53. The number of ether oxygens (including phenoxy) is 2. The third-order valence-corrected chi connectivity index (χ3v) is 6.00. The van der Waals surface area contributed by atoms with Crippen LogP contribution in [0.5, 0.6) is 11.5 Å². The van der Waals surface area contributed by atoms with Gasteiger partial charge in [-0.15, -0.1) is 5.10 Å². The van der Waals surface area contributed by atoms with E-state index in [1.54, 1.807) is 18.3 Å². The summed E-state index contributed by atoms with van der Waals surface area (Å²) < 4.78 is 13.3. The summed E-state index contributed by atoms with van der Waals surface area (Å²) in [7, 11) is 1.51. The Morgan fingerprint density at radius 1 is 1.21 bits per heavy atom. The number of amides is 3. The second-order valence-corrected chi connectivity index (χ2v) is 8.99. The highest BCUT2D eigenvalue weighted by atomic mass is 16.5. The van der Waals surface area contributed by atoms with Gasteiger partial charge >= 0.3 is 5.69 Å². The summed E-state index contributed by atoms with van der Waals surface area (Å²) in [6.07, 6.45) is 3.48. The van der Waals surface area contributed by atoms with Gasteiger partial charge in [-0.05, 0) is 24.1 Å². The van der Waals surface area contributed by atoms with Crippen molar-refractivity contribution in [3.05, 3.63) is 46.9 Å². The monoisotopic (exact) mass is 526 g/mol. The Morgan fingerprint density at radius 2 is 2.03 bits per heavy atom. The van der Waals surface area contributed by atoms with Gasteiger partial charge in [-0.2, -0.15) is 0 Å². The molecule has 1 aromatic carbocycles. The van der Waals surface area contributed by atoms with E-state index in [-0.39, 0.29) is 37.3 Å². The Morgan fingerprint density at radius 3 is 2.74 bits per heavy atom. The largest absolute Gasteiger partial charge is 0.493 e. The summed E-state index contributed by atoms with van der Waals surface area (Å²) in [6, 6.07) is 4.54. The zero-order valence-corrected chi connectivity index (χ0v) is 21.3. The Kier molecular flexibility index (Phi) is 8.09. The van der Waals surface area contributed by atoms with Crippen LogP contribution in [-0.4, -0.2) is 86.7 Å². The second kappa shape index (κ2) is 11.6.